The van der Waals surface area contributed by atoms with Crippen LogP contribution in [0.2, 0.25) is 0 Å². The summed E-state index contributed by atoms with van der Waals surface area (Å²) in [6, 6.07) is 4.44. The maximum Gasteiger partial charge on any atom is 0.153 e. The Bertz CT molecular complexity index is 553. The summed E-state index contributed by atoms with van der Waals surface area (Å²) in [5.74, 6) is 0.485. The van der Waals surface area contributed by atoms with Crippen molar-refractivity contribution in [1.82, 2.24) is 4.90 Å². The van der Waals surface area contributed by atoms with Gasteiger partial charge in [-0.3, -0.25) is 4.90 Å². The van der Waals surface area contributed by atoms with Gasteiger partial charge in [-0.05, 0) is 32.4 Å². The topological polar surface area (TPSA) is 63.4 Å². The fourth-order valence-electron chi connectivity index (χ4n) is 2.88. The zero-order valence-electron chi connectivity index (χ0n) is 12.4. The number of aryl methyl sites for hydroxylation is 1. The van der Waals surface area contributed by atoms with E-state index in [4.69, 9.17) is 5.73 Å². The molecule has 0 aromatic carbocycles. The van der Waals surface area contributed by atoms with Crippen molar-refractivity contribution < 1.29 is 8.42 Å². The lowest BCUT2D eigenvalue weighted by Gasteiger charge is -2.41. The third kappa shape index (κ3) is 3.42. The predicted octanol–water partition coefficient (Wildman–Crippen LogP) is 1.95. The summed E-state index contributed by atoms with van der Waals surface area (Å²) in [5.41, 5.74) is 6.33. The minimum Gasteiger partial charge on any atom is -0.326 e. The molecule has 3 atom stereocenters. The van der Waals surface area contributed by atoms with Crippen LogP contribution in [0.15, 0.2) is 12.1 Å². The van der Waals surface area contributed by atoms with Gasteiger partial charge >= 0.3 is 0 Å². The number of hydrogen-bond acceptors (Lipinski definition) is 5. The summed E-state index contributed by atoms with van der Waals surface area (Å²) in [5, 5.41) is 0. The van der Waals surface area contributed by atoms with Crippen molar-refractivity contribution in [2.75, 3.05) is 18.1 Å². The van der Waals surface area contributed by atoms with E-state index < -0.39 is 9.84 Å². The summed E-state index contributed by atoms with van der Waals surface area (Å²) in [6.45, 7) is 6.75. The Balaban J connectivity index is 2.28. The highest BCUT2D eigenvalue weighted by molar-refractivity contribution is 7.91. The summed E-state index contributed by atoms with van der Waals surface area (Å²) < 4.78 is 23.5. The molecule has 1 aromatic rings. The van der Waals surface area contributed by atoms with E-state index in [-0.39, 0.29) is 29.6 Å². The highest BCUT2D eigenvalue weighted by atomic mass is 32.2. The van der Waals surface area contributed by atoms with Crippen molar-refractivity contribution in [3.8, 4) is 0 Å². The first-order valence-electron chi connectivity index (χ1n) is 7.12. The second-order valence-electron chi connectivity index (χ2n) is 5.67. The minimum atomic E-state index is -2.89. The normalized spacial score (nSPS) is 26.3. The quantitative estimate of drug-likeness (QED) is 0.922. The Hall–Kier alpha value is -0.430. The first-order valence-corrected chi connectivity index (χ1v) is 9.76. The molecule has 0 saturated carbocycles. The zero-order valence-corrected chi connectivity index (χ0v) is 14.0. The molecule has 1 saturated heterocycles. The number of nitrogens with zero attached hydrogens (tertiary/aromatic N) is 1. The fraction of sp³-hybridized carbons (Fsp3) is 0.714. The van der Waals surface area contributed by atoms with Gasteiger partial charge in [-0.25, -0.2) is 8.42 Å². The molecule has 2 N–H and O–H groups in total. The first-order chi connectivity index (χ1) is 9.34. The van der Waals surface area contributed by atoms with Crippen molar-refractivity contribution in [2.45, 2.75) is 45.3 Å². The van der Waals surface area contributed by atoms with E-state index in [9.17, 15) is 8.42 Å². The van der Waals surface area contributed by atoms with Crippen LogP contribution in [-0.4, -0.2) is 43.5 Å². The Morgan fingerprint density at radius 3 is 2.70 bits per heavy atom. The first kappa shape index (κ1) is 15.9. The van der Waals surface area contributed by atoms with Gasteiger partial charge in [0, 0.05) is 28.4 Å². The van der Waals surface area contributed by atoms with Crippen LogP contribution in [-0.2, 0) is 9.84 Å². The van der Waals surface area contributed by atoms with Crippen molar-refractivity contribution >= 4 is 21.2 Å². The van der Waals surface area contributed by atoms with Gasteiger partial charge in [0.25, 0.3) is 0 Å². The molecule has 0 spiro atoms. The Labute approximate surface area is 125 Å². The molecule has 0 radical (unpaired) electrons. The maximum absolute atomic E-state index is 11.8. The van der Waals surface area contributed by atoms with E-state index in [0.717, 1.165) is 6.42 Å². The molecule has 1 fully saturated rings. The molecule has 20 heavy (non-hydrogen) atoms. The van der Waals surface area contributed by atoms with E-state index in [1.165, 1.54) is 9.75 Å². The molecule has 4 nitrogen and oxygen atoms in total. The standard InChI is InChI=1S/C14H24N2O2S2/c1-4-12(15)14(13-6-5-11(3)19-13)16-7-8-20(17,18)9-10(16)2/h5-6,10,12,14H,4,7-9,15H2,1-3H3. The van der Waals surface area contributed by atoms with E-state index in [2.05, 4.69) is 30.9 Å². The molecule has 6 heteroatoms. The lowest BCUT2D eigenvalue weighted by Crippen LogP contribution is -2.52. The van der Waals surface area contributed by atoms with Crippen LogP contribution < -0.4 is 5.73 Å². The Morgan fingerprint density at radius 1 is 1.50 bits per heavy atom. The second-order valence-corrected chi connectivity index (χ2v) is 9.21. The molecule has 0 bridgehead atoms. The molecule has 1 aliphatic rings. The molecule has 1 aliphatic heterocycles. The third-order valence-corrected chi connectivity index (χ3v) is 6.87. The number of thiophene rings is 1. The van der Waals surface area contributed by atoms with Crippen LogP contribution in [0.1, 0.15) is 36.1 Å². The van der Waals surface area contributed by atoms with E-state index in [0.29, 0.717) is 6.54 Å². The zero-order chi connectivity index (χ0) is 14.9. The monoisotopic (exact) mass is 316 g/mol. The average Bonchev–Trinajstić information content (AvgIpc) is 2.77. The van der Waals surface area contributed by atoms with E-state index in [1.54, 1.807) is 11.3 Å². The minimum absolute atomic E-state index is 0.0266. The summed E-state index contributed by atoms with van der Waals surface area (Å²) >= 11 is 1.76. The number of nitrogens with two attached hydrogens (primary N) is 1. The van der Waals surface area contributed by atoms with Gasteiger partial charge in [0.05, 0.1) is 17.5 Å². The summed E-state index contributed by atoms with van der Waals surface area (Å²) in [6.07, 6.45) is 0.886. The van der Waals surface area contributed by atoms with Crippen LogP contribution in [0.25, 0.3) is 0 Å². The molecule has 0 amide bonds. The number of rotatable bonds is 4. The van der Waals surface area contributed by atoms with Gasteiger partial charge in [0.1, 0.15) is 0 Å². The molecule has 1 aromatic heterocycles. The van der Waals surface area contributed by atoms with Crippen LogP contribution >= 0.6 is 11.3 Å². The number of hydrogen-bond donors (Lipinski definition) is 1. The van der Waals surface area contributed by atoms with Crippen molar-refractivity contribution in [1.29, 1.82) is 0 Å². The molecule has 2 rings (SSSR count). The maximum atomic E-state index is 11.8. The van der Waals surface area contributed by atoms with Gasteiger partial charge in [0.15, 0.2) is 9.84 Å². The second kappa shape index (κ2) is 6.13. The molecule has 3 unspecified atom stereocenters. The molecule has 114 valence electrons. The van der Waals surface area contributed by atoms with Gasteiger partial charge in [-0.15, -0.1) is 11.3 Å². The van der Waals surface area contributed by atoms with Gasteiger partial charge in [-0.1, -0.05) is 6.92 Å². The Morgan fingerprint density at radius 2 is 2.20 bits per heavy atom. The van der Waals surface area contributed by atoms with E-state index in [1.807, 2.05) is 6.92 Å². The number of sulfone groups is 1. The van der Waals surface area contributed by atoms with Gasteiger partial charge in [-0.2, -0.15) is 0 Å². The molecular weight excluding hydrogens is 292 g/mol. The van der Waals surface area contributed by atoms with Crippen LogP contribution in [0.4, 0.5) is 0 Å². The van der Waals surface area contributed by atoms with Gasteiger partial charge < -0.3 is 5.73 Å². The van der Waals surface area contributed by atoms with Crippen molar-refractivity contribution in [3.05, 3.63) is 21.9 Å². The van der Waals surface area contributed by atoms with Crippen LogP contribution in [0, 0.1) is 6.92 Å². The average molecular weight is 316 g/mol. The van der Waals surface area contributed by atoms with Crippen molar-refractivity contribution in [2.24, 2.45) is 5.73 Å². The highest BCUT2D eigenvalue weighted by Crippen LogP contribution is 2.33. The van der Waals surface area contributed by atoms with Crippen molar-refractivity contribution in [3.63, 3.8) is 0 Å². The van der Waals surface area contributed by atoms with Gasteiger partial charge in [0.2, 0.25) is 0 Å². The molecule has 2 heterocycles. The summed E-state index contributed by atoms with van der Waals surface area (Å²) in [4.78, 5) is 4.80. The lowest BCUT2D eigenvalue weighted by molar-refractivity contribution is 0.136. The molecular formula is C14H24N2O2S2. The SMILES string of the molecule is CCC(N)C(c1ccc(C)s1)N1CCS(=O)(=O)CC1C. The summed E-state index contributed by atoms with van der Waals surface area (Å²) in [7, 11) is -2.89. The third-order valence-electron chi connectivity index (χ3n) is 4.01. The molecule has 0 aliphatic carbocycles. The predicted molar refractivity (Wildman–Crippen MR) is 84.9 cm³/mol. The highest BCUT2D eigenvalue weighted by Gasteiger charge is 2.36. The lowest BCUT2D eigenvalue weighted by atomic mass is 10.0. The Kier molecular flexibility index (Phi) is 4.89. The van der Waals surface area contributed by atoms with E-state index >= 15 is 0 Å². The smallest absolute Gasteiger partial charge is 0.153 e. The largest absolute Gasteiger partial charge is 0.326 e. The van der Waals surface area contributed by atoms with Crippen LogP contribution in [0.3, 0.4) is 0 Å². The fourth-order valence-corrected chi connectivity index (χ4v) is 5.54. The van der Waals surface area contributed by atoms with Crippen LogP contribution in [0.5, 0.6) is 0 Å².